The molecule has 2 rings (SSSR count). The lowest BCUT2D eigenvalue weighted by Gasteiger charge is -2.13. The van der Waals surface area contributed by atoms with Gasteiger partial charge in [-0.25, -0.2) is 9.18 Å². The molecule has 0 aliphatic carbocycles. The van der Waals surface area contributed by atoms with Gasteiger partial charge in [-0.3, -0.25) is 0 Å². The summed E-state index contributed by atoms with van der Waals surface area (Å²) in [5, 5.41) is 12.2. The number of halogens is 1. The van der Waals surface area contributed by atoms with Gasteiger partial charge in [0.25, 0.3) is 0 Å². The van der Waals surface area contributed by atoms with Gasteiger partial charge in [-0.1, -0.05) is 18.2 Å². The van der Waals surface area contributed by atoms with Crippen molar-refractivity contribution in [3.8, 4) is 6.07 Å². The summed E-state index contributed by atoms with van der Waals surface area (Å²) < 4.78 is 17.7. The van der Waals surface area contributed by atoms with Crippen molar-refractivity contribution in [2.24, 2.45) is 0 Å². The number of rotatable bonds is 4. The third-order valence-corrected chi connectivity index (χ3v) is 2.93. The monoisotopic (exact) mass is 284 g/mol. The standard InChI is InChI=1S/C16H13FN2O2/c1-21-16(20)12-7-5-11(6-8-12)15(10-18)19-14-4-2-3-13(17)9-14/h2-9,15,19H,1H3. The van der Waals surface area contributed by atoms with Crippen molar-refractivity contribution in [3.63, 3.8) is 0 Å². The fourth-order valence-corrected chi connectivity index (χ4v) is 1.86. The molecule has 0 fully saturated rings. The molecule has 106 valence electrons. The average molecular weight is 284 g/mol. The zero-order valence-electron chi connectivity index (χ0n) is 11.3. The highest BCUT2D eigenvalue weighted by Crippen LogP contribution is 2.20. The van der Waals surface area contributed by atoms with Crippen molar-refractivity contribution in [1.29, 1.82) is 5.26 Å². The molecule has 0 bridgehead atoms. The van der Waals surface area contributed by atoms with E-state index in [1.807, 2.05) is 0 Å². The fraction of sp³-hybridized carbons (Fsp3) is 0.125. The van der Waals surface area contributed by atoms with Crippen molar-refractivity contribution in [3.05, 3.63) is 65.5 Å². The number of ether oxygens (including phenoxy) is 1. The lowest BCUT2D eigenvalue weighted by Crippen LogP contribution is -2.09. The topological polar surface area (TPSA) is 62.1 Å². The zero-order chi connectivity index (χ0) is 15.2. The Morgan fingerprint density at radius 1 is 1.29 bits per heavy atom. The van der Waals surface area contributed by atoms with Crippen LogP contribution in [0.1, 0.15) is 22.0 Å². The summed E-state index contributed by atoms with van der Waals surface area (Å²) in [5.41, 5.74) is 1.59. The normalized spacial score (nSPS) is 11.3. The van der Waals surface area contributed by atoms with Crippen molar-refractivity contribution in [2.45, 2.75) is 6.04 Å². The summed E-state index contributed by atoms with van der Waals surface area (Å²) in [5.74, 6) is -0.814. The number of methoxy groups -OCH3 is 1. The van der Waals surface area contributed by atoms with Crippen LogP contribution in [0.25, 0.3) is 0 Å². The minimum atomic E-state index is -0.640. The van der Waals surface area contributed by atoms with Crippen LogP contribution in [0.5, 0.6) is 0 Å². The minimum Gasteiger partial charge on any atom is -0.465 e. The van der Waals surface area contributed by atoms with Crippen LogP contribution in [0.4, 0.5) is 10.1 Å². The van der Waals surface area contributed by atoms with Crippen LogP contribution in [0.2, 0.25) is 0 Å². The Labute approximate surface area is 121 Å². The molecule has 0 aliphatic rings. The van der Waals surface area contributed by atoms with Crippen LogP contribution in [-0.4, -0.2) is 13.1 Å². The van der Waals surface area contributed by atoms with E-state index in [2.05, 4.69) is 16.1 Å². The Kier molecular flexibility index (Phi) is 4.52. The predicted octanol–water partition coefficient (Wildman–Crippen LogP) is 3.29. The first-order valence-electron chi connectivity index (χ1n) is 6.24. The van der Waals surface area contributed by atoms with Crippen molar-refractivity contribution >= 4 is 11.7 Å². The first-order chi connectivity index (χ1) is 10.1. The minimum absolute atomic E-state index is 0.377. The number of nitriles is 1. The van der Waals surface area contributed by atoms with Gasteiger partial charge in [0.2, 0.25) is 0 Å². The van der Waals surface area contributed by atoms with Gasteiger partial charge in [-0.05, 0) is 35.9 Å². The number of anilines is 1. The zero-order valence-corrected chi connectivity index (χ0v) is 11.3. The van der Waals surface area contributed by atoms with E-state index in [1.165, 1.54) is 19.2 Å². The lowest BCUT2D eigenvalue weighted by molar-refractivity contribution is 0.0600. The number of nitrogens with zero attached hydrogens (tertiary/aromatic N) is 1. The third kappa shape index (κ3) is 3.57. The maximum absolute atomic E-state index is 13.1. The highest BCUT2D eigenvalue weighted by molar-refractivity contribution is 5.89. The lowest BCUT2D eigenvalue weighted by atomic mass is 10.1. The summed E-state index contributed by atoms with van der Waals surface area (Å²) >= 11 is 0. The summed E-state index contributed by atoms with van der Waals surface area (Å²) in [4.78, 5) is 11.3. The van der Waals surface area contributed by atoms with Gasteiger partial charge < -0.3 is 10.1 Å². The molecule has 0 aromatic heterocycles. The van der Waals surface area contributed by atoms with E-state index >= 15 is 0 Å². The summed E-state index contributed by atoms with van der Waals surface area (Å²) in [7, 11) is 1.31. The van der Waals surface area contributed by atoms with Crippen LogP contribution < -0.4 is 5.32 Å². The van der Waals surface area contributed by atoms with Crippen LogP contribution in [-0.2, 0) is 4.74 Å². The Morgan fingerprint density at radius 2 is 2.00 bits per heavy atom. The number of benzene rings is 2. The van der Waals surface area contributed by atoms with Gasteiger partial charge in [-0.2, -0.15) is 5.26 Å². The molecule has 1 N–H and O–H groups in total. The Balaban J connectivity index is 2.18. The van der Waals surface area contributed by atoms with Crippen molar-refractivity contribution in [1.82, 2.24) is 0 Å². The highest BCUT2D eigenvalue weighted by Gasteiger charge is 2.12. The summed E-state index contributed by atoms with van der Waals surface area (Å²) in [6.07, 6.45) is 0. The van der Waals surface area contributed by atoms with E-state index in [4.69, 9.17) is 0 Å². The first kappa shape index (κ1) is 14.5. The molecule has 0 saturated carbocycles. The van der Waals surface area contributed by atoms with E-state index in [0.29, 0.717) is 16.8 Å². The molecule has 0 saturated heterocycles. The van der Waals surface area contributed by atoms with Crippen molar-refractivity contribution in [2.75, 3.05) is 12.4 Å². The Morgan fingerprint density at radius 3 is 2.57 bits per heavy atom. The molecule has 21 heavy (non-hydrogen) atoms. The molecule has 0 aliphatic heterocycles. The Bertz CT molecular complexity index is 677. The molecule has 1 atom stereocenters. The predicted molar refractivity (Wildman–Crippen MR) is 76.2 cm³/mol. The van der Waals surface area contributed by atoms with E-state index in [1.54, 1.807) is 36.4 Å². The summed E-state index contributed by atoms with van der Waals surface area (Å²) in [6, 6.07) is 13.8. The van der Waals surface area contributed by atoms with Crippen LogP contribution >= 0.6 is 0 Å². The second-order valence-corrected chi connectivity index (χ2v) is 4.33. The van der Waals surface area contributed by atoms with Gasteiger partial charge in [0.05, 0.1) is 18.7 Å². The average Bonchev–Trinajstić information content (AvgIpc) is 2.52. The smallest absolute Gasteiger partial charge is 0.337 e. The quantitative estimate of drug-likeness (QED) is 0.875. The SMILES string of the molecule is COC(=O)c1ccc(C(C#N)Nc2cccc(F)c2)cc1. The molecule has 0 amide bonds. The Hall–Kier alpha value is -2.87. The molecule has 5 heteroatoms. The molecule has 1 unspecified atom stereocenters. The summed E-state index contributed by atoms with van der Waals surface area (Å²) in [6.45, 7) is 0. The molecule has 2 aromatic carbocycles. The van der Waals surface area contributed by atoms with E-state index < -0.39 is 12.0 Å². The van der Waals surface area contributed by atoms with Gasteiger partial charge in [0.1, 0.15) is 11.9 Å². The number of esters is 1. The number of hydrogen-bond donors (Lipinski definition) is 1. The second-order valence-electron chi connectivity index (χ2n) is 4.33. The molecule has 0 spiro atoms. The highest BCUT2D eigenvalue weighted by atomic mass is 19.1. The van der Waals surface area contributed by atoms with Gasteiger partial charge in [0, 0.05) is 5.69 Å². The van der Waals surface area contributed by atoms with E-state index in [9.17, 15) is 14.4 Å². The van der Waals surface area contributed by atoms with Crippen LogP contribution in [0, 0.1) is 17.1 Å². The van der Waals surface area contributed by atoms with Crippen LogP contribution in [0.3, 0.4) is 0 Å². The molecular formula is C16H13FN2O2. The molecule has 2 aromatic rings. The van der Waals surface area contributed by atoms with Gasteiger partial charge in [-0.15, -0.1) is 0 Å². The molecule has 0 heterocycles. The first-order valence-corrected chi connectivity index (χ1v) is 6.24. The molecule has 0 radical (unpaired) electrons. The molecular weight excluding hydrogens is 271 g/mol. The second kappa shape index (κ2) is 6.53. The van der Waals surface area contributed by atoms with Crippen molar-refractivity contribution < 1.29 is 13.9 Å². The number of hydrogen-bond acceptors (Lipinski definition) is 4. The van der Waals surface area contributed by atoms with Gasteiger partial charge >= 0.3 is 5.97 Å². The third-order valence-electron chi connectivity index (χ3n) is 2.93. The maximum Gasteiger partial charge on any atom is 0.337 e. The van der Waals surface area contributed by atoms with Crippen LogP contribution in [0.15, 0.2) is 48.5 Å². The number of nitrogens with one attached hydrogen (secondary N) is 1. The molecule has 4 nitrogen and oxygen atoms in total. The maximum atomic E-state index is 13.1. The number of carbonyl (C=O) groups is 1. The number of carbonyl (C=O) groups excluding carboxylic acids is 1. The fourth-order valence-electron chi connectivity index (χ4n) is 1.86. The van der Waals surface area contributed by atoms with Gasteiger partial charge in [0.15, 0.2) is 0 Å². The van der Waals surface area contributed by atoms with E-state index in [0.717, 1.165) is 0 Å². The van der Waals surface area contributed by atoms with E-state index in [-0.39, 0.29) is 5.82 Å². The largest absolute Gasteiger partial charge is 0.465 e.